The van der Waals surface area contributed by atoms with Crippen molar-refractivity contribution in [1.82, 2.24) is 4.98 Å². The first-order chi connectivity index (χ1) is 11.7. The summed E-state index contributed by atoms with van der Waals surface area (Å²) in [6.07, 6.45) is 7.81. The van der Waals surface area contributed by atoms with Crippen molar-refractivity contribution in [3.8, 4) is 5.88 Å². The molecule has 24 heavy (non-hydrogen) atoms. The Labute approximate surface area is 142 Å². The van der Waals surface area contributed by atoms with Gasteiger partial charge >= 0.3 is 0 Å². The van der Waals surface area contributed by atoms with Crippen molar-refractivity contribution in [1.29, 1.82) is 5.41 Å². The van der Waals surface area contributed by atoms with Crippen LogP contribution in [0.4, 0.5) is 5.69 Å². The predicted octanol–water partition coefficient (Wildman–Crippen LogP) is 3.69. The SMILES string of the molecule is N=C(N)c1c(NC2CCCCC2)ccnc1OCc1ccccc1. The summed E-state index contributed by atoms with van der Waals surface area (Å²) in [7, 11) is 0. The van der Waals surface area contributed by atoms with E-state index in [0.717, 1.165) is 24.1 Å². The van der Waals surface area contributed by atoms with E-state index in [1.165, 1.54) is 19.3 Å². The second-order valence-electron chi connectivity index (χ2n) is 6.21. The van der Waals surface area contributed by atoms with Gasteiger partial charge in [0.1, 0.15) is 18.0 Å². The maximum absolute atomic E-state index is 7.94. The van der Waals surface area contributed by atoms with Crippen LogP contribution in [-0.4, -0.2) is 16.9 Å². The van der Waals surface area contributed by atoms with Crippen LogP contribution < -0.4 is 15.8 Å². The lowest BCUT2D eigenvalue weighted by atomic mass is 9.95. The van der Waals surface area contributed by atoms with Gasteiger partial charge in [-0.2, -0.15) is 0 Å². The number of rotatable bonds is 6. The molecular formula is C19H24N4O. The summed E-state index contributed by atoms with van der Waals surface area (Å²) in [6.45, 7) is 0.404. The Bertz CT molecular complexity index is 681. The van der Waals surface area contributed by atoms with Gasteiger partial charge in [0.2, 0.25) is 5.88 Å². The summed E-state index contributed by atoms with van der Waals surface area (Å²) in [5.41, 5.74) is 8.26. The summed E-state index contributed by atoms with van der Waals surface area (Å²) in [6, 6.07) is 12.2. The van der Waals surface area contributed by atoms with Gasteiger partial charge in [-0.25, -0.2) is 4.98 Å². The van der Waals surface area contributed by atoms with Crippen molar-refractivity contribution in [3.05, 3.63) is 53.7 Å². The van der Waals surface area contributed by atoms with Gasteiger partial charge < -0.3 is 15.8 Å². The number of nitrogens with two attached hydrogens (primary N) is 1. The first kappa shape index (κ1) is 16.3. The largest absolute Gasteiger partial charge is 0.472 e. The highest BCUT2D eigenvalue weighted by molar-refractivity contribution is 6.02. The fourth-order valence-electron chi connectivity index (χ4n) is 3.13. The second kappa shape index (κ2) is 7.81. The molecule has 1 heterocycles. The number of nitrogen functional groups attached to an aromatic ring is 1. The Morgan fingerprint density at radius 2 is 1.92 bits per heavy atom. The van der Waals surface area contributed by atoms with Gasteiger partial charge in [0.25, 0.3) is 0 Å². The smallest absolute Gasteiger partial charge is 0.226 e. The number of ether oxygens (including phenoxy) is 1. The molecule has 5 nitrogen and oxygen atoms in total. The van der Waals surface area contributed by atoms with Crippen LogP contribution in [-0.2, 0) is 6.61 Å². The number of nitrogens with zero attached hydrogens (tertiary/aromatic N) is 1. The molecule has 4 N–H and O–H groups in total. The zero-order valence-corrected chi connectivity index (χ0v) is 13.8. The normalized spacial score (nSPS) is 15.0. The molecule has 1 aliphatic carbocycles. The topological polar surface area (TPSA) is 84.0 Å². The van der Waals surface area contributed by atoms with Crippen LogP contribution in [0.25, 0.3) is 0 Å². The lowest BCUT2D eigenvalue weighted by molar-refractivity contribution is 0.293. The fourth-order valence-corrected chi connectivity index (χ4v) is 3.13. The van der Waals surface area contributed by atoms with E-state index in [2.05, 4.69) is 10.3 Å². The van der Waals surface area contributed by atoms with E-state index in [1.54, 1.807) is 6.20 Å². The lowest BCUT2D eigenvalue weighted by Gasteiger charge is -2.25. The molecule has 1 fully saturated rings. The minimum atomic E-state index is -0.0236. The lowest BCUT2D eigenvalue weighted by Crippen LogP contribution is -2.25. The van der Waals surface area contributed by atoms with Gasteiger partial charge in [0, 0.05) is 12.2 Å². The van der Waals surface area contributed by atoms with Crippen LogP contribution in [0.3, 0.4) is 0 Å². The van der Waals surface area contributed by atoms with Crippen LogP contribution in [0.15, 0.2) is 42.6 Å². The first-order valence-corrected chi connectivity index (χ1v) is 8.50. The monoisotopic (exact) mass is 324 g/mol. The third-order valence-electron chi connectivity index (χ3n) is 4.37. The van der Waals surface area contributed by atoms with Crippen molar-refractivity contribution in [2.75, 3.05) is 5.32 Å². The minimum absolute atomic E-state index is 0.0236. The molecule has 0 unspecified atom stereocenters. The summed E-state index contributed by atoms with van der Waals surface area (Å²) in [4.78, 5) is 4.29. The van der Waals surface area contributed by atoms with Gasteiger partial charge in [0.05, 0.1) is 5.69 Å². The van der Waals surface area contributed by atoms with Gasteiger partial charge in [0.15, 0.2) is 0 Å². The molecule has 126 valence electrons. The zero-order chi connectivity index (χ0) is 16.8. The van der Waals surface area contributed by atoms with Crippen molar-refractivity contribution in [3.63, 3.8) is 0 Å². The fraction of sp³-hybridized carbons (Fsp3) is 0.368. The van der Waals surface area contributed by atoms with E-state index < -0.39 is 0 Å². The maximum Gasteiger partial charge on any atom is 0.226 e. The van der Waals surface area contributed by atoms with Gasteiger partial charge in [-0.1, -0.05) is 49.6 Å². The molecule has 0 bridgehead atoms. The van der Waals surface area contributed by atoms with Crippen LogP contribution >= 0.6 is 0 Å². The average molecular weight is 324 g/mol. The molecule has 0 radical (unpaired) electrons. The Morgan fingerprint density at radius 3 is 2.62 bits per heavy atom. The molecule has 1 aromatic carbocycles. The number of pyridine rings is 1. The van der Waals surface area contributed by atoms with E-state index >= 15 is 0 Å². The molecule has 5 heteroatoms. The Kier molecular flexibility index (Phi) is 5.31. The molecule has 1 aliphatic rings. The highest BCUT2D eigenvalue weighted by atomic mass is 16.5. The predicted molar refractivity (Wildman–Crippen MR) is 96.5 cm³/mol. The van der Waals surface area contributed by atoms with Crippen LogP contribution in [0.2, 0.25) is 0 Å². The molecule has 0 spiro atoms. The van der Waals surface area contributed by atoms with E-state index in [4.69, 9.17) is 15.9 Å². The molecule has 0 aliphatic heterocycles. The first-order valence-electron chi connectivity index (χ1n) is 8.50. The van der Waals surface area contributed by atoms with Crippen LogP contribution in [0.1, 0.15) is 43.2 Å². The molecule has 0 atom stereocenters. The number of nitrogens with one attached hydrogen (secondary N) is 2. The van der Waals surface area contributed by atoms with E-state index in [1.807, 2.05) is 36.4 Å². The van der Waals surface area contributed by atoms with Gasteiger partial charge in [-0.05, 0) is 24.5 Å². The van der Waals surface area contributed by atoms with Crippen molar-refractivity contribution in [2.45, 2.75) is 44.8 Å². The molecular weight excluding hydrogens is 300 g/mol. The van der Waals surface area contributed by atoms with E-state index in [0.29, 0.717) is 24.1 Å². The molecule has 0 saturated heterocycles. The van der Waals surface area contributed by atoms with Crippen LogP contribution in [0.5, 0.6) is 5.88 Å². The number of hydrogen-bond acceptors (Lipinski definition) is 4. The number of anilines is 1. The molecule has 1 saturated carbocycles. The Balaban J connectivity index is 1.78. The van der Waals surface area contributed by atoms with Crippen LogP contribution in [0, 0.1) is 5.41 Å². The molecule has 3 rings (SSSR count). The second-order valence-corrected chi connectivity index (χ2v) is 6.21. The number of aromatic nitrogens is 1. The zero-order valence-electron chi connectivity index (χ0n) is 13.8. The van der Waals surface area contributed by atoms with Gasteiger partial charge in [-0.3, -0.25) is 5.41 Å². The maximum atomic E-state index is 7.94. The number of amidine groups is 1. The number of hydrogen-bond donors (Lipinski definition) is 3. The van der Waals surface area contributed by atoms with Crippen molar-refractivity contribution >= 4 is 11.5 Å². The molecule has 0 amide bonds. The summed E-state index contributed by atoms with van der Waals surface area (Å²) < 4.78 is 5.84. The highest BCUT2D eigenvalue weighted by Gasteiger charge is 2.19. The standard InChI is InChI=1S/C19H24N4O/c20-18(21)17-16(23-15-9-5-2-6-10-15)11-12-22-19(17)24-13-14-7-3-1-4-8-14/h1,3-4,7-8,11-12,15H,2,5-6,9-10,13H2,(H3,20,21)(H,22,23). The summed E-state index contributed by atoms with van der Waals surface area (Å²) >= 11 is 0. The van der Waals surface area contributed by atoms with E-state index in [-0.39, 0.29) is 5.84 Å². The minimum Gasteiger partial charge on any atom is -0.472 e. The third kappa shape index (κ3) is 4.04. The Hall–Kier alpha value is -2.56. The van der Waals surface area contributed by atoms with E-state index in [9.17, 15) is 0 Å². The molecule has 2 aromatic rings. The summed E-state index contributed by atoms with van der Waals surface area (Å²) in [5.74, 6) is 0.386. The highest BCUT2D eigenvalue weighted by Crippen LogP contribution is 2.28. The van der Waals surface area contributed by atoms with Crippen molar-refractivity contribution in [2.24, 2.45) is 5.73 Å². The average Bonchev–Trinajstić information content (AvgIpc) is 2.61. The summed E-state index contributed by atoms with van der Waals surface area (Å²) in [5, 5.41) is 11.5. The van der Waals surface area contributed by atoms with Gasteiger partial charge in [-0.15, -0.1) is 0 Å². The molecule has 1 aromatic heterocycles. The number of benzene rings is 1. The quantitative estimate of drug-likeness (QED) is 0.559. The Morgan fingerprint density at radius 1 is 1.17 bits per heavy atom. The van der Waals surface area contributed by atoms with Crippen molar-refractivity contribution < 1.29 is 4.74 Å². The third-order valence-corrected chi connectivity index (χ3v) is 4.37.